The van der Waals surface area contributed by atoms with Gasteiger partial charge in [0.1, 0.15) is 5.54 Å². The quantitative estimate of drug-likeness (QED) is 0.750. The van der Waals surface area contributed by atoms with E-state index in [0.717, 1.165) is 0 Å². The maximum Gasteiger partial charge on any atom is 0.411 e. The summed E-state index contributed by atoms with van der Waals surface area (Å²) in [5.74, 6) is -0.879. The molecule has 0 bridgehead atoms. The molecule has 0 saturated heterocycles. The molecule has 3 aromatic rings. The predicted octanol–water partition coefficient (Wildman–Crippen LogP) is 3.87. The van der Waals surface area contributed by atoms with Crippen LogP contribution in [0.1, 0.15) is 23.3 Å². The van der Waals surface area contributed by atoms with Crippen LogP contribution in [0.5, 0.6) is 0 Å². The van der Waals surface area contributed by atoms with Gasteiger partial charge in [-0.3, -0.25) is 4.79 Å². The summed E-state index contributed by atoms with van der Waals surface area (Å²) in [7, 11) is 0. The fourth-order valence-corrected chi connectivity index (χ4v) is 2.94. The average molecular weight is 381 g/mol. The Hall–Kier alpha value is -2.61. The number of hydrogen-bond acceptors (Lipinski definition) is 3. The molecule has 9 heteroatoms. The Labute approximate surface area is 150 Å². The van der Waals surface area contributed by atoms with Crippen LogP contribution in [-0.4, -0.2) is 32.2 Å². The first-order valence-electron chi connectivity index (χ1n) is 7.79. The number of carbonyl (C=O) groups is 1. The molecule has 0 aliphatic heterocycles. The Morgan fingerprint density at radius 3 is 2.54 bits per heavy atom. The normalized spacial score (nSPS) is 15.8. The maximum atomic E-state index is 13.2. The summed E-state index contributed by atoms with van der Waals surface area (Å²) >= 11 is 5.90. The molecule has 4 rings (SSSR count). The predicted molar refractivity (Wildman–Crippen MR) is 88.9 cm³/mol. The molecule has 1 N–H and O–H groups in total. The van der Waals surface area contributed by atoms with E-state index in [-0.39, 0.29) is 18.5 Å². The van der Waals surface area contributed by atoms with Gasteiger partial charge in [-0.15, -0.1) is 0 Å². The van der Waals surface area contributed by atoms with Crippen molar-refractivity contribution in [2.45, 2.75) is 24.6 Å². The van der Waals surface area contributed by atoms with Gasteiger partial charge in [-0.2, -0.15) is 18.3 Å². The monoisotopic (exact) mass is 380 g/mol. The summed E-state index contributed by atoms with van der Waals surface area (Å²) in [6.45, 7) is 0. The van der Waals surface area contributed by atoms with Crippen molar-refractivity contribution in [3.63, 3.8) is 0 Å². The van der Waals surface area contributed by atoms with E-state index in [9.17, 15) is 18.0 Å². The smallest absolute Gasteiger partial charge is 0.336 e. The van der Waals surface area contributed by atoms with Crippen LogP contribution in [0.2, 0.25) is 5.02 Å². The van der Waals surface area contributed by atoms with Crippen molar-refractivity contribution < 1.29 is 18.0 Å². The van der Waals surface area contributed by atoms with Gasteiger partial charge in [0.25, 0.3) is 5.91 Å². The SMILES string of the molecule is O=C(NC1(C(F)(F)F)CC1)c1nn2cccnc2c1-c1ccc(Cl)cc1. The third-order valence-corrected chi connectivity index (χ3v) is 4.64. The summed E-state index contributed by atoms with van der Waals surface area (Å²) in [6, 6.07) is 8.21. The topological polar surface area (TPSA) is 59.3 Å². The highest BCUT2D eigenvalue weighted by atomic mass is 35.5. The average Bonchev–Trinajstić information content (AvgIpc) is 3.28. The fraction of sp³-hybridized carbons (Fsp3) is 0.235. The number of rotatable bonds is 3. The Morgan fingerprint density at radius 1 is 1.23 bits per heavy atom. The van der Waals surface area contributed by atoms with Crippen molar-refractivity contribution >= 4 is 23.2 Å². The number of carbonyl (C=O) groups excluding carboxylic acids is 1. The number of nitrogens with zero attached hydrogens (tertiary/aromatic N) is 3. The van der Waals surface area contributed by atoms with Crippen LogP contribution in [0.4, 0.5) is 13.2 Å². The van der Waals surface area contributed by atoms with E-state index in [0.29, 0.717) is 21.8 Å². The molecule has 1 aromatic carbocycles. The highest BCUT2D eigenvalue weighted by Gasteiger charge is 2.64. The van der Waals surface area contributed by atoms with Crippen LogP contribution in [-0.2, 0) is 0 Å². The van der Waals surface area contributed by atoms with Crippen LogP contribution < -0.4 is 5.32 Å². The molecule has 134 valence electrons. The first-order valence-corrected chi connectivity index (χ1v) is 8.17. The minimum Gasteiger partial charge on any atom is -0.336 e. The summed E-state index contributed by atoms with van der Waals surface area (Å²) in [4.78, 5) is 16.8. The van der Waals surface area contributed by atoms with Gasteiger partial charge < -0.3 is 5.32 Å². The molecule has 1 amide bonds. The van der Waals surface area contributed by atoms with Gasteiger partial charge in [-0.05, 0) is 36.6 Å². The van der Waals surface area contributed by atoms with E-state index in [1.807, 2.05) is 0 Å². The molecule has 2 aromatic heterocycles. The van der Waals surface area contributed by atoms with Gasteiger partial charge in [-0.25, -0.2) is 9.50 Å². The fourth-order valence-electron chi connectivity index (χ4n) is 2.81. The number of nitrogens with one attached hydrogen (secondary N) is 1. The third kappa shape index (κ3) is 2.70. The zero-order valence-corrected chi connectivity index (χ0v) is 14.0. The number of benzene rings is 1. The Morgan fingerprint density at radius 2 is 1.92 bits per heavy atom. The lowest BCUT2D eigenvalue weighted by molar-refractivity contribution is -0.163. The summed E-state index contributed by atoms with van der Waals surface area (Å²) in [5, 5.41) is 6.76. The molecule has 5 nitrogen and oxygen atoms in total. The molecule has 26 heavy (non-hydrogen) atoms. The lowest BCUT2D eigenvalue weighted by Gasteiger charge is -2.20. The first-order chi connectivity index (χ1) is 12.3. The highest BCUT2D eigenvalue weighted by molar-refractivity contribution is 6.30. The second kappa shape index (κ2) is 5.70. The number of aromatic nitrogens is 3. The maximum absolute atomic E-state index is 13.2. The van der Waals surface area contributed by atoms with E-state index < -0.39 is 17.6 Å². The van der Waals surface area contributed by atoms with Gasteiger partial charge in [0.2, 0.25) is 0 Å². The molecular formula is C17H12ClF3N4O. The lowest BCUT2D eigenvalue weighted by atomic mass is 10.0. The van der Waals surface area contributed by atoms with E-state index >= 15 is 0 Å². The standard InChI is InChI=1S/C17H12ClF3N4O/c18-11-4-2-10(3-5-11)12-13(24-25-9-1-8-22-14(12)25)15(26)23-16(6-7-16)17(19,20)21/h1-5,8-9H,6-7H2,(H,23,26). The number of amides is 1. The molecule has 1 saturated carbocycles. The van der Waals surface area contributed by atoms with Crippen LogP contribution in [0.3, 0.4) is 0 Å². The van der Waals surface area contributed by atoms with Gasteiger partial charge in [0, 0.05) is 17.4 Å². The Balaban J connectivity index is 1.81. The van der Waals surface area contributed by atoms with Crippen LogP contribution >= 0.6 is 11.6 Å². The van der Waals surface area contributed by atoms with Gasteiger partial charge in [0.05, 0.1) is 5.56 Å². The van der Waals surface area contributed by atoms with Crippen molar-refractivity contribution in [2.24, 2.45) is 0 Å². The van der Waals surface area contributed by atoms with E-state index in [2.05, 4.69) is 15.4 Å². The third-order valence-electron chi connectivity index (χ3n) is 4.39. The first kappa shape index (κ1) is 16.8. The van der Waals surface area contributed by atoms with Gasteiger partial charge >= 0.3 is 6.18 Å². The van der Waals surface area contributed by atoms with Crippen LogP contribution in [0.15, 0.2) is 42.7 Å². The number of fused-ring (bicyclic) bond motifs is 1. The van der Waals surface area contributed by atoms with Crippen LogP contribution in [0, 0.1) is 0 Å². The van der Waals surface area contributed by atoms with E-state index in [1.165, 1.54) is 10.7 Å². The van der Waals surface area contributed by atoms with Crippen molar-refractivity contribution in [3.05, 3.63) is 53.4 Å². The number of halogens is 4. The van der Waals surface area contributed by atoms with Crippen molar-refractivity contribution in [1.82, 2.24) is 19.9 Å². The van der Waals surface area contributed by atoms with Crippen molar-refractivity contribution in [1.29, 1.82) is 0 Å². The van der Waals surface area contributed by atoms with E-state index in [1.54, 1.807) is 36.5 Å². The molecule has 1 aliphatic rings. The molecular weight excluding hydrogens is 369 g/mol. The molecule has 0 spiro atoms. The van der Waals surface area contributed by atoms with Gasteiger partial charge in [0.15, 0.2) is 11.3 Å². The van der Waals surface area contributed by atoms with Crippen molar-refractivity contribution in [2.75, 3.05) is 0 Å². The summed E-state index contributed by atoms with van der Waals surface area (Å²) in [6.07, 6.45) is -1.67. The molecule has 0 atom stereocenters. The van der Waals surface area contributed by atoms with Gasteiger partial charge in [-0.1, -0.05) is 23.7 Å². The summed E-state index contributed by atoms with van der Waals surface area (Å²) < 4.78 is 40.9. The van der Waals surface area contributed by atoms with Crippen molar-refractivity contribution in [3.8, 4) is 11.1 Å². The second-order valence-corrected chi connectivity index (χ2v) is 6.59. The zero-order valence-electron chi connectivity index (χ0n) is 13.2. The highest BCUT2D eigenvalue weighted by Crippen LogP contribution is 2.49. The largest absolute Gasteiger partial charge is 0.411 e. The van der Waals surface area contributed by atoms with E-state index in [4.69, 9.17) is 11.6 Å². The zero-order chi connectivity index (χ0) is 18.5. The molecule has 2 heterocycles. The molecule has 1 fully saturated rings. The minimum absolute atomic E-state index is 0.110. The molecule has 1 aliphatic carbocycles. The lowest BCUT2D eigenvalue weighted by Crippen LogP contribution is -2.48. The second-order valence-electron chi connectivity index (χ2n) is 6.15. The molecule has 0 unspecified atom stereocenters. The minimum atomic E-state index is -4.50. The van der Waals surface area contributed by atoms with Crippen LogP contribution in [0.25, 0.3) is 16.8 Å². The Kier molecular flexibility index (Phi) is 3.69. The molecule has 0 radical (unpaired) electrons. The Bertz CT molecular complexity index is 993. The number of alkyl halides is 3. The number of hydrogen-bond donors (Lipinski definition) is 1. The summed E-state index contributed by atoms with van der Waals surface area (Å²) in [5.41, 5.74) is -0.953.